The molecular weight excluding hydrogens is 274 g/mol. The minimum Gasteiger partial charge on any atom is -0.301 e. The fourth-order valence-corrected chi connectivity index (χ4v) is 3.02. The summed E-state index contributed by atoms with van der Waals surface area (Å²) >= 11 is 1.50. The van der Waals surface area contributed by atoms with Crippen LogP contribution in [0, 0.1) is 0 Å². The maximum absolute atomic E-state index is 12.1. The molecule has 0 spiro atoms. The van der Waals surface area contributed by atoms with Crippen molar-refractivity contribution in [2.45, 2.75) is 20.0 Å². The monoisotopic (exact) mass is 287 g/mol. The van der Waals surface area contributed by atoms with Crippen molar-refractivity contribution in [1.82, 2.24) is 14.1 Å². The minimum atomic E-state index is -0.293. The van der Waals surface area contributed by atoms with E-state index in [1.165, 1.54) is 32.7 Å². The summed E-state index contributed by atoms with van der Waals surface area (Å²) in [6, 6.07) is 9.19. The lowest BCUT2D eigenvalue weighted by molar-refractivity contribution is 0.599. The summed E-state index contributed by atoms with van der Waals surface area (Å²) in [4.78, 5) is 28.5. The molecule has 0 saturated carbocycles. The molecular formula is C14H13N3O2S. The number of aryl methyl sites for hydroxylation is 1. The number of hydrogen-bond donors (Lipinski definition) is 0. The van der Waals surface area contributed by atoms with Gasteiger partial charge in [-0.3, -0.25) is 9.36 Å². The van der Waals surface area contributed by atoms with E-state index in [1.807, 2.05) is 31.2 Å². The van der Waals surface area contributed by atoms with E-state index in [9.17, 15) is 9.59 Å². The maximum Gasteiger partial charge on any atom is 0.331 e. The summed E-state index contributed by atoms with van der Waals surface area (Å²) in [7, 11) is 0. The van der Waals surface area contributed by atoms with Crippen LogP contribution in [0.4, 0.5) is 0 Å². The van der Waals surface area contributed by atoms with E-state index in [0.717, 1.165) is 15.2 Å². The zero-order valence-corrected chi connectivity index (χ0v) is 11.8. The smallest absolute Gasteiger partial charge is 0.301 e. The molecule has 3 aromatic rings. The van der Waals surface area contributed by atoms with E-state index in [0.29, 0.717) is 6.54 Å². The Kier molecular flexibility index (Phi) is 3.23. The van der Waals surface area contributed by atoms with Crippen molar-refractivity contribution >= 4 is 21.6 Å². The highest BCUT2D eigenvalue weighted by atomic mass is 32.1. The summed E-state index contributed by atoms with van der Waals surface area (Å²) < 4.78 is 3.79. The van der Waals surface area contributed by atoms with Gasteiger partial charge in [-0.15, -0.1) is 11.3 Å². The van der Waals surface area contributed by atoms with E-state index in [-0.39, 0.29) is 17.8 Å². The molecule has 3 rings (SSSR count). The van der Waals surface area contributed by atoms with Crippen LogP contribution in [0.15, 0.2) is 46.1 Å². The standard InChI is InChI=1S/C14H13N3O2S/c1-2-16-8-7-13(18)17(14(16)19)9-12-15-10-5-3-4-6-11(10)20-12/h3-8H,2,9H2,1H3. The molecule has 6 heteroatoms. The highest BCUT2D eigenvalue weighted by Gasteiger charge is 2.08. The van der Waals surface area contributed by atoms with E-state index in [4.69, 9.17) is 0 Å². The average Bonchev–Trinajstić information content (AvgIpc) is 2.86. The van der Waals surface area contributed by atoms with E-state index >= 15 is 0 Å². The Labute approximate surface area is 118 Å². The van der Waals surface area contributed by atoms with Crippen LogP contribution < -0.4 is 11.2 Å². The first-order valence-corrected chi connectivity index (χ1v) is 7.15. The van der Waals surface area contributed by atoms with Gasteiger partial charge in [0.05, 0.1) is 16.8 Å². The van der Waals surface area contributed by atoms with Gasteiger partial charge in [0.1, 0.15) is 5.01 Å². The van der Waals surface area contributed by atoms with Gasteiger partial charge in [-0.2, -0.15) is 0 Å². The van der Waals surface area contributed by atoms with Gasteiger partial charge >= 0.3 is 5.69 Å². The molecule has 0 aliphatic heterocycles. The third-order valence-corrected chi connectivity index (χ3v) is 4.13. The first-order valence-electron chi connectivity index (χ1n) is 6.34. The van der Waals surface area contributed by atoms with E-state index < -0.39 is 0 Å². The van der Waals surface area contributed by atoms with E-state index in [1.54, 1.807) is 0 Å². The quantitative estimate of drug-likeness (QED) is 0.736. The van der Waals surface area contributed by atoms with Crippen LogP contribution in [0.25, 0.3) is 10.2 Å². The Hall–Kier alpha value is -2.21. The number of nitrogens with zero attached hydrogens (tertiary/aromatic N) is 3. The predicted octanol–water partition coefficient (Wildman–Crippen LogP) is 1.69. The molecule has 0 N–H and O–H groups in total. The zero-order chi connectivity index (χ0) is 14.1. The normalized spacial score (nSPS) is 11.1. The first-order chi connectivity index (χ1) is 9.69. The fourth-order valence-electron chi connectivity index (χ4n) is 2.07. The van der Waals surface area contributed by atoms with Crippen molar-refractivity contribution in [3.8, 4) is 0 Å². The molecule has 0 radical (unpaired) electrons. The van der Waals surface area contributed by atoms with Crippen molar-refractivity contribution in [2.75, 3.05) is 0 Å². The molecule has 1 aromatic carbocycles. The molecule has 5 nitrogen and oxygen atoms in total. The Morgan fingerprint density at radius 1 is 1.20 bits per heavy atom. The number of hydrogen-bond acceptors (Lipinski definition) is 4. The second-order valence-corrected chi connectivity index (χ2v) is 5.50. The van der Waals surface area contributed by atoms with Crippen LogP contribution in [0.1, 0.15) is 11.9 Å². The van der Waals surface area contributed by atoms with Crippen LogP contribution in [0.5, 0.6) is 0 Å². The van der Waals surface area contributed by atoms with Gasteiger partial charge in [-0.1, -0.05) is 12.1 Å². The number of rotatable bonds is 3. The largest absolute Gasteiger partial charge is 0.331 e. The molecule has 2 heterocycles. The molecule has 0 fully saturated rings. The van der Waals surface area contributed by atoms with Gasteiger partial charge in [0, 0.05) is 18.8 Å². The Morgan fingerprint density at radius 2 is 2.00 bits per heavy atom. The number of fused-ring (bicyclic) bond motifs is 1. The second kappa shape index (κ2) is 5.05. The Bertz CT molecular complexity index is 843. The number of benzene rings is 1. The summed E-state index contributed by atoms with van der Waals surface area (Å²) in [6.45, 7) is 2.63. The fraction of sp³-hybridized carbons (Fsp3) is 0.214. The highest BCUT2D eigenvalue weighted by molar-refractivity contribution is 7.18. The molecule has 0 atom stereocenters. The predicted molar refractivity (Wildman–Crippen MR) is 79.4 cm³/mol. The molecule has 20 heavy (non-hydrogen) atoms. The second-order valence-electron chi connectivity index (χ2n) is 4.38. The third kappa shape index (κ3) is 2.18. The average molecular weight is 287 g/mol. The van der Waals surface area contributed by atoms with Crippen LogP contribution in [-0.2, 0) is 13.1 Å². The van der Waals surface area contributed by atoms with Crippen molar-refractivity contribution < 1.29 is 0 Å². The molecule has 102 valence electrons. The number of para-hydroxylation sites is 1. The Morgan fingerprint density at radius 3 is 2.75 bits per heavy atom. The molecule has 0 unspecified atom stereocenters. The summed E-state index contributed by atoms with van der Waals surface area (Å²) in [5.74, 6) is 0. The molecule has 0 amide bonds. The zero-order valence-electron chi connectivity index (χ0n) is 10.9. The lowest BCUT2D eigenvalue weighted by Gasteiger charge is -2.06. The van der Waals surface area contributed by atoms with Gasteiger partial charge in [0.15, 0.2) is 0 Å². The summed E-state index contributed by atoms with van der Waals surface area (Å²) in [5.41, 5.74) is 0.311. The maximum atomic E-state index is 12.1. The number of aromatic nitrogens is 3. The lowest BCUT2D eigenvalue weighted by Crippen LogP contribution is -2.38. The molecule has 0 aliphatic carbocycles. The molecule has 0 saturated heterocycles. The minimum absolute atomic E-state index is 0.220. The van der Waals surface area contributed by atoms with Crippen molar-refractivity contribution in [3.63, 3.8) is 0 Å². The van der Waals surface area contributed by atoms with Crippen LogP contribution in [-0.4, -0.2) is 14.1 Å². The van der Waals surface area contributed by atoms with Gasteiger partial charge in [-0.25, -0.2) is 9.78 Å². The molecule has 0 bridgehead atoms. The summed E-state index contributed by atoms with van der Waals surface area (Å²) in [5, 5.41) is 0.763. The van der Waals surface area contributed by atoms with Gasteiger partial charge in [-0.05, 0) is 19.1 Å². The SMILES string of the molecule is CCn1ccc(=O)n(Cc2nc3ccccc3s2)c1=O. The Balaban J connectivity index is 2.07. The van der Waals surface area contributed by atoms with Crippen LogP contribution in [0.3, 0.4) is 0 Å². The highest BCUT2D eigenvalue weighted by Crippen LogP contribution is 2.21. The number of thiazole rings is 1. The van der Waals surface area contributed by atoms with Crippen molar-refractivity contribution in [2.24, 2.45) is 0 Å². The van der Waals surface area contributed by atoms with Crippen LogP contribution in [0.2, 0.25) is 0 Å². The molecule has 0 aliphatic rings. The topological polar surface area (TPSA) is 56.9 Å². The first kappa shape index (κ1) is 12.8. The summed E-state index contributed by atoms with van der Waals surface area (Å²) in [6.07, 6.45) is 1.53. The van der Waals surface area contributed by atoms with Gasteiger partial charge in [0.25, 0.3) is 5.56 Å². The van der Waals surface area contributed by atoms with Crippen molar-refractivity contribution in [3.05, 3.63) is 62.4 Å². The van der Waals surface area contributed by atoms with E-state index in [2.05, 4.69) is 4.98 Å². The van der Waals surface area contributed by atoms with Crippen molar-refractivity contribution in [1.29, 1.82) is 0 Å². The molecule has 2 aromatic heterocycles. The lowest BCUT2D eigenvalue weighted by atomic mass is 10.3. The van der Waals surface area contributed by atoms with Gasteiger partial charge < -0.3 is 4.57 Å². The van der Waals surface area contributed by atoms with Gasteiger partial charge in [0.2, 0.25) is 0 Å². The third-order valence-electron chi connectivity index (χ3n) is 3.11. The van der Waals surface area contributed by atoms with Crippen LogP contribution >= 0.6 is 11.3 Å².